The first-order chi connectivity index (χ1) is 15.1. The molecule has 4 rings (SSSR count). The van der Waals surface area contributed by atoms with Crippen LogP contribution in [0.15, 0.2) is 71.3 Å². The minimum atomic E-state index is 0. The number of allylic oxidation sites excluding steroid dienone is 8. The van der Waals surface area contributed by atoms with Gasteiger partial charge in [-0.3, -0.25) is 12.2 Å². The van der Waals surface area contributed by atoms with E-state index in [0.29, 0.717) is 5.92 Å². The minimum absolute atomic E-state index is 0. The first kappa shape index (κ1) is 32.7. The standard InChI is InChI=1S/C17H18.2C7H9.2ClH.Zr/c1-12-5-7-16(14(3)9-12)11-17-8-6-13(2)10-15(17)4;2*1-6-3-4-7(2)5-6;;;/h5-10H,1-4H3;5H,3H2,1-2H3;3,5,7H,1-2H3;2*1H;/q;2*-1;;;+2/p-2. The molecule has 0 aromatic heterocycles. The summed E-state index contributed by atoms with van der Waals surface area (Å²) < 4.78 is 1.46. The third-order valence-corrected chi connectivity index (χ3v) is 6.82. The Balaban J connectivity index is 0.000000563. The molecular weight excluding hydrogens is 534 g/mol. The van der Waals surface area contributed by atoms with E-state index in [1.807, 2.05) is 6.08 Å². The van der Waals surface area contributed by atoms with Crippen molar-refractivity contribution in [3.8, 4) is 0 Å². The zero-order chi connectivity index (χ0) is 23.8. The summed E-state index contributed by atoms with van der Waals surface area (Å²) >= 11 is 1.48. The Hall–Kier alpha value is -1.27. The molecule has 3 heteroatoms. The summed E-state index contributed by atoms with van der Waals surface area (Å²) in [6.45, 7) is 17.1. The maximum atomic E-state index is 3.19. The second kappa shape index (κ2) is 15.7. The van der Waals surface area contributed by atoms with Crippen LogP contribution < -0.4 is 24.8 Å². The topological polar surface area (TPSA) is 0 Å². The number of hydrogen-bond donors (Lipinski definition) is 0. The molecule has 2 aromatic rings. The van der Waals surface area contributed by atoms with E-state index in [0.717, 1.165) is 6.42 Å². The van der Waals surface area contributed by atoms with Crippen LogP contribution in [0.3, 0.4) is 0 Å². The van der Waals surface area contributed by atoms with Crippen LogP contribution >= 0.6 is 0 Å². The third kappa shape index (κ3) is 10.6. The van der Waals surface area contributed by atoms with Crippen molar-refractivity contribution in [3.63, 3.8) is 0 Å². The molecule has 0 nitrogen and oxygen atoms in total. The van der Waals surface area contributed by atoms with Gasteiger partial charge >= 0.3 is 125 Å². The van der Waals surface area contributed by atoms with Gasteiger partial charge in [0, 0.05) is 0 Å². The second-order valence-corrected chi connectivity index (χ2v) is 10.3. The van der Waals surface area contributed by atoms with Gasteiger partial charge in [-0.2, -0.15) is 11.6 Å². The van der Waals surface area contributed by atoms with Gasteiger partial charge in [0.05, 0.1) is 0 Å². The molecule has 2 aliphatic carbocycles. The predicted molar refractivity (Wildman–Crippen MR) is 137 cm³/mol. The quantitative estimate of drug-likeness (QED) is 0.486. The summed E-state index contributed by atoms with van der Waals surface area (Å²) in [6.07, 6.45) is 13.8. The Labute approximate surface area is 235 Å². The van der Waals surface area contributed by atoms with Crippen molar-refractivity contribution in [3.05, 3.63) is 117 Å². The van der Waals surface area contributed by atoms with E-state index in [2.05, 4.69) is 116 Å². The van der Waals surface area contributed by atoms with Gasteiger partial charge in [0.25, 0.3) is 0 Å². The summed E-state index contributed by atoms with van der Waals surface area (Å²) in [5.74, 6) is 0.556. The van der Waals surface area contributed by atoms with Crippen LogP contribution in [0.2, 0.25) is 0 Å². The fourth-order valence-corrected chi connectivity index (χ4v) is 5.22. The van der Waals surface area contributed by atoms with Crippen LogP contribution in [0.4, 0.5) is 0 Å². The smallest absolute Gasteiger partial charge is 1.00 e. The van der Waals surface area contributed by atoms with Crippen molar-refractivity contribution in [2.45, 2.75) is 61.8 Å². The zero-order valence-corrected chi connectivity index (χ0v) is 25.7. The van der Waals surface area contributed by atoms with E-state index in [-0.39, 0.29) is 24.8 Å². The van der Waals surface area contributed by atoms with Gasteiger partial charge in [0.1, 0.15) is 0 Å². The zero-order valence-electron chi connectivity index (χ0n) is 21.7. The normalized spacial score (nSPS) is 15.4. The Morgan fingerprint density at radius 3 is 1.56 bits per heavy atom. The van der Waals surface area contributed by atoms with E-state index in [9.17, 15) is 0 Å². The van der Waals surface area contributed by atoms with Crippen LogP contribution in [0.1, 0.15) is 67.5 Å². The molecule has 0 aliphatic heterocycles. The second-order valence-electron chi connectivity index (χ2n) is 9.05. The first-order valence-electron chi connectivity index (χ1n) is 11.3. The molecule has 0 amide bonds. The number of halogens is 2. The molecule has 0 bridgehead atoms. The van der Waals surface area contributed by atoms with Gasteiger partial charge in [-0.1, -0.05) is 26.7 Å². The van der Waals surface area contributed by atoms with Crippen LogP contribution in [-0.2, 0) is 24.2 Å². The maximum absolute atomic E-state index is 3.19. The summed E-state index contributed by atoms with van der Waals surface area (Å²) in [5.41, 5.74) is 12.3. The molecule has 2 aliphatic rings. The van der Waals surface area contributed by atoms with Crippen LogP contribution in [0, 0.1) is 45.8 Å². The van der Waals surface area contributed by atoms with Crippen LogP contribution in [0.25, 0.3) is 0 Å². The Bertz CT molecular complexity index is 1050. The van der Waals surface area contributed by atoms with Gasteiger partial charge in [-0.05, 0) is 0 Å². The predicted octanol–water partition coefficient (Wildman–Crippen LogP) is 2.07. The minimum Gasteiger partial charge on any atom is -1.00 e. The molecule has 1 unspecified atom stereocenters. The van der Waals surface area contributed by atoms with Gasteiger partial charge < -0.3 is 24.8 Å². The van der Waals surface area contributed by atoms with Crippen LogP contribution in [0.5, 0.6) is 0 Å². The van der Waals surface area contributed by atoms with Gasteiger partial charge in [-0.25, -0.2) is 23.3 Å². The Kier molecular flexibility index (Phi) is 15.1. The molecule has 0 spiro atoms. The van der Waals surface area contributed by atoms with Crippen molar-refractivity contribution in [1.29, 1.82) is 0 Å². The fraction of sp³-hybridized carbons (Fsp3) is 0.323. The van der Waals surface area contributed by atoms with Crippen molar-refractivity contribution >= 4 is 3.21 Å². The van der Waals surface area contributed by atoms with Gasteiger partial charge in [-0.15, -0.1) is 13.3 Å². The van der Waals surface area contributed by atoms with Gasteiger partial charge in [0.15, 0.2) is 0 Å². The van der Waals surface area contributed by atoms with E-state index in [1.165, 1.54) is 77.5 Å². The molecule has 34 heavy (non-hydrogen) atoms. The van der Waals surface area contributed by atoms with Crippen molar-refractivity contribution < 1.29 is 49.0 Å². The van der Waals surface area contributed by atoms with Crippen LogP contribution in [-0.4, -0.2) is 3.21 Å². The Morgan fingerprint density at radius 1 is 0.824 bits per heavy atom. The average Bonchev–Trinajstić information content (AvgIpc) is 3.28. The first-order valence-corrected chi connectivity index (χ1v) is 12.6. The molecule has 0 fully saturated rings. The Morgan fingerprint density at radius 2 is 1.32 bits per heavy atom. The molecule has 0 saturated heterocycles. The van der Waals surface area contributed by atoms with E-state index < -0.39 is 0 Å². The molecule has 2 aromatic carbocycles. The molecule has 0 heterocycles. The largest absolute Gasteiger partial charge is 1.00 e. The molecule has 0 saturated carbocycles. The number of hydrogen-bond acceptors (Lipinski definition) is 0. The molecule has 0 N–H and O–H groups in total. The number of benzene rings is 2. The van der Waals surface area contributed by atoms with E-state index >= 15 is 0 Å². The van der Waals surface area contributed by atoms with Crippen molar-refractivity contribution in [2.75, 3.05) is 0 Å². The number of aryl methyl sites for hydroxylation is 4. The summed E-state index contributed by atoms with van der Waals surface area (Å²) in [6, 6.07) is 13.5. The van der Waals surface area contributed by atoms with Crippen molar-refractivity contribution in [1.82, 2.24) is 0 Å². The summed E-state index contributed by atoms with van der Waals surface area (Å²) in [7, 11) is 0. The number of rotatable bonds is 2. The summed E-state index contributed by atoms with van der Waals surface area (Å²) in [5, 5.41) is 0. The average molecular weight is 571 g/mol. The molecular formula is C31H36Cl2Zr-2. The maximum Gasteiger partial charge on any atom is -1.00 e. The van der Waals surface area contributed by atoms with Gasteiger partial charge in [0.2, 0.25) is 0 Å². The molecule has 1 atom stereocenters. The molecule has 180 valence electrons. The molecule has 0 radical (unpaired) electrons. The monoisotopic (exact) mass is 568 g/mol. The SMILES string of the molecule is CC1=CC(C)[C-]=C1.CC1=[C-]CC(C)=C1.Cc1ccc([C](=[Zr+2])c2ccc(C)cc2C)c(C)c1.[Cl-].[Cl-]. The van der Waals surface area contributed by atoms with Crippen molar-refractivity contribution in [2.24, 2.45) is 5.92 Å². The fourth-order valence-electron chi connectivity index (χ4n) is 3.84. The summed E-state index contributed by atoms with van der Waals surface area (Å²) in [4.78, 5) is 0. The van der Waals surface area contributed by atoms with E-state index in [1.54, 1.807) is 0 Å². The third-order valence-electron chi connectivity index (χ3n) is 5.50. The van der Waals surface area contributed by atoms with E-state index in [4.69, 9.17) is 0 Å².